The van der Waals surface area contributed by atoms with Gasteiger partial charge in [-0.2, -0.15) is 0 Å². The number of aromatic amines is 1. The first kappa shape index (κ1) is 9.43. The molecule has 0 radical (unpaired) electrons. The van der Waals surface area contributed by atoms with E-state index < -0.39 is 0 Å². The largest absolute Gasteiger partial charge is 0.354 e. The molecule has 0 aliphatic carbocycles. The fourth-order valence-electron chi connectivity index (χ4n) is 1.77. The molecule has 16 heavy (non-hydrogen) atoms. The molecule has 3 rings (SSSR count). The highest BCUT2D eigenvalue weighted by Crippen LogP contribution is 2.24. The minimum absolute atomic E-state index is 0.508. The SMILES string of the molecule is Clc1cc2[nH]c(-c3ccccc3)cc2cn1. The highest BCUT2D eigenvalue weighted by atomic mass is 35.5. The first-order valence-corrected chi connectivity index (χ1v) is 5.40. The van der Waals surface area contributed by atoms with Crippen LogP contribution in [0.1, 0.15) is 0 Å². The molecule has 2 nitrogen and oxygen atoms in total. The molecule has 0 atom stereocenters. The van der Waals surface area contributed by atoms with E-state index in [2.05, 4.69) is 28.2 Å². The van der Waals surface area contributed by atoms with Gasteiger partial charge >= 0.3 is 0 Å². The van der Waals surface area contributed by atoms with Crippen LogP contribution in [0.15, 0.2) is 48.7 Å². The Morgan fingerprint density at radius 1 is 1.06 bits per heavy atom. The van der Waals surface area contributed by atoms with Crippen LogP contribution in [-0.2, 0) is 0 Å². The van der Waals surface area contributed by atoms with Crippen LogP contribution in [-0.4, -0.2) is 9.97 Å². The number of nitrogens with one attached hydrogen (secondary N) is 1. The maximum absolute atomic E-state index is 5.84. The standard InChI is InChI=1S/C13H9ClN2/c14-13-7-12-10(8-15-13)6-11(16-12)9-4-2-1-3-5-9/h1-8,16H. The lowest BCUT2D eigenvalue weighted by atomic mass is 10.1. The van der Waals surface area contributed by atoms with Crippen molar-refractivity contribution in [3.05, 3.63) is 53.8 Å². The van der Waals surface area contributed by atoms with E-state index in [9.17, 15) is 0 Å². The van der Waals surface area contributed by atoms with Crippen LogP contribution in [0.4, 0.5) is 0 Å². The molecule has 2 aromatic heterocycles. The van der Waals surface area contributed by atoms with Crippen LogP contribution in [0.2, 0.25) is 5.15 Å². The molecule has 78 valence electrons. The van der Waals surface area contributed by atoms with E-state index in [1.54, 1.807) is 6.20 Å². The number of pyridine rings is 1. The molecule has 0 amide bonds. The van der Waals surface area contributed by atoms with Gasteiger partial charge in [-0.3, -0.25) is 0 Å². The van der Waals surface area contributed by atoms with Crippen molar-refractivity contribution in [2.24, 2.45) is 0 Å². The second-order valence-corrected chi connectivity index (χ2v) is 4.03. The van der Waals surface area contributed by atoms with Crippen molar-refractivity contribution in [3.63, 3.8) is 0 Å². The van der Waals surface area contributed by atoms with Crippen LogP contribution in [0, 0.1) is 0 Å². The molecule has 0 aliphatic heterocycles. The topological polar surface area (TPSA) is 28.7 Å². The van der Waals surface area contributed by atoms with Crippen molar-refractivity contribution in [1.29, 1.82) is 0 Å². The van der Waals surface area contributed by atoms with E-state index in [4.69, 9.17) is 11.6 Å². The molecule has 3 aromatic rings. The number of nitrogens with zero attached hydrogens (tertiary/aromatic N) is 1. The van der Waals surface area contributed by atoms with Gasteiger partial charge in [0.2, 0.25) is 0 Å². The molecule has 0 aliphatic rings. The summed E-state index contributed by atoms with van der Waals surface area (Å²) in [4.78, 5) is 7.39. The van der Waals surface area contributed by atoms with Crippen molar-refractivity contribution in [1.82, 2.24) is 9.97 Å². The van der Waals surface area contributed by atoms with Crippen molar-refractivity contribution in [2.75, 3.05) is 0 Å². The monoisotopic (exact) mass is 228 g/mol. The van der Waals surface area contributed by atoms with Crippen molar-refractivity contribution < 1.29 is 0 Å². The average Bonchev–Trinajstić information content (AvgIpc) is 2.73. The van der Waals surface area contributed by atoms with Gasteiger partial charge in [0.15, 0.2) is 0 Å². The predicted octanol–water partition coefficient (Wildman–Crippen LogP) is 3.88. The third kappa shape index (κ3) is 1.57. The number of fused-ring (bicyclic) bond motifs is 1. The Labute approximate surface area is 97.9 Å². The third-order valence-electron chi connectivity index (χ3n) is 2.56. The normalized spacial score (nSPS) is 10.8. The first-order chi connectivity index (χ1) is 7.83. The molecule has 2 heterocycles. The maximum atomic E-state index is 5.84. The number of H-pyrrole nitrogens is 1. The summed E-state index contributed by atoms with van der Waals surface area (Å²) < 4.78 is 0. The van der Waals surface area contributed by atoms with Gasteiger partial charge in [0.05, 0.1) is 5.52 Å². The highest BCUT2D eigenvalue weighted by molar-refractivity contribution is 6.30. The zero-order valence-corrected chi connectivity index (χ0v) is 9.20. The Balaban J connectivity index is 2.19. The Bertz CT molecular complexity index is 629. The van der Waals surface area contributed by atoms with E-state index in [1.807, 2.05) is 24.3 Å². The Morgan fingerprint density at radius 2 is 1.88 bits per heavy atom. The summed E-state index contributed by atoms with van der Waals surface area (Å²) in [5.74, 6) is 0. The van der Waals surface area contributed by atoms with Crippen LogP contribution >= 0.6 is 11.6 Å². The van der Waals surface area contributed by atoms with E-state index in [0.717, 1.165) is 22.2 Å². The summed E-state index contributed by atoms with van der Waals surface area (Å²) >= 11 is 5.84. The van der Waals surface area contributed by atoms with Gasteiger partial charge < -0.3 is 4.98 Å². The van der Waals surface area contributed by atoms with Gasteiger partial charge in [-0.05, 0) is 17.7 Å². The molecule has 0 saturated heterocycles. The molecule has 1 aromatic carbocycles. The Morgan fingerprint density at radius 3 is 2.69 bits per heavy atom. The summed E-state index contributed by atoms with van der Waals surface area (Å²) in [5.41, 5.74) is 3.26. The lowest BCUT2D eigenvalue weighted by Crippen LogP contribution is -1.75. The summed E-state index contributed by atoms with van der Waals surface area (Å²) in [6.45, 7) is 0. The second kappa shape index (κ2) is 3.65. The minimum Gasteiger partial charge on any atom is -0.354 e. The van der Waals surface area contributed by atoms with Crippen molar-refractivity contribution >= 4 is 22.5 Å². The lowest BCUT2D eigenvalue weighted by molar-refractivity contribution is 1.35. The number of hydrogen-bond donors (Lipinski definition) is 1. The highest BCUT2D eigenvalue weighted by Gasteiger charge is 2.03. The number of rotatable bonds is 1. The molecule has 0 saturated carbocycles. The molecule has 3 heteroatoms. The Hall–Kier alpha value is -1.80. The predicted molar refractivity (Wildman–Crippen MR) is 66.5 cm³/mol. The number of benzene rings is 1. The summed E-state index contributed by atoms with van der Waals surface area (Å²) in [6.07, 6.45) is 1.78. The maximum Gasteiger partial charge on any atom is 0.131 e. The van der Waals surface area contributed by atoms with Crippen molar-refractivity contribution in [2.45, 2.75) is 0 Å². The molecular weight excluding hydrogens is 220 g/mol. The van der Waals surface area contributed by atoms with Gasteiger partial charge in [0.1, 0.15) is 5.15 Å². The zero-order valence-electron chi connectivity index (χ0n) is 8.44. The van der Waals surface area contributed by atoms with Crippen LogP contribution in [0.5, 0.6) is 0 Å². The van der Waals surface area contributed by atoms with Gasteiger partial charge in [0, 0.05) is 17.3 Å². The molecule has 1 N–H and O–H groups in total. The molecule has 0 bridgehead atoms. The smallest absolute Gasteiger partial charge is 0.131 e. The number of halogens is 1. The van der Waals surface area contributed by atoms with Gasteiger partial charge in [-0.15, -0.1) is 0 Å². The van der Waals surface area contributed by atoms with Crippen LogP contribution < -0.4 is 0 Å². The summed E-state index contributed by atoms with van der Waals surface area (Å²) in [5, 5.41) is 1.58. The summed E-state index contributed by atoms with van der Waals surface area (Å²) in [7, 11) is 0. The van der Waals surface area contributed by atoms with Crippen LogP contribution in [0.25, 0.3) is 22.2 Å². The van der Waals surface area contributed by atoms with Gasteiger partial charge in [-0.25, -0.2) is 4.98 Å². The van der Waals surface area contributed by atoms with E-state index in [-0.39, 0.29) is 0 Å². The van der Waals surface area contributed by atoms with E-state index in [1.165, 1.54) is 0 Å². The van der Waals surface area contributed by atoms with Crippen LogP contribution in [0.3, 0.4) is 0 Å². The molecule has 0 unspecified atom stereocenters. The minimum atomic E-state index is 0.508. The van der Waals surface area contributed by atoms with E-state index in [0.29, 0.717) is 5.15 Å². The summed E-state index contributed by atoms with van der Waals surface area (Å²) in [6, 6.07) is 14.1. The quantitative estimate of drug-likeness (QED) is 0.629. The average molecular weight is 229 g/mol. The second-order valence-electron chi connectivity index (χ2n) is 3.64. The van der Waals surface area contributed by atoms with Gasteiger partial charge in [0.25, 0.3) is 0 Å². The third-order valence-corrected chi connectivity index (χ3v) is 2.76. The van der Waals surface area contributed by atoms with Crippen molar-refractivity contribution in [3.8, 4) is 11.3 Å². The fourth-order valence-corrected chi connectivity index (χ4v) is 1.93. The number of aromatic nitrogens is 2. The van der Waals surface area contributed by atoms with E-state index >= 15 is 0 Å². The first-order valence-electron chi connectivity index (χ1n) is 5.02. The molecular formula is C13H9ClN2. The van der Waals surface area contributed by atoms with Gasteiger partial charge in [-0.1, -0.05) is 41.9 Å². The zero-order chi connectivity index (χ0) is 11.0. The number of hydrogen-bond acceptors (Lipinski definition) is 1. The fraction of sp³-hybridized carbons (Fsp3) is 0. The Kier molecular flexibility index (Phi) is 2.15. The lowest BCUT2D eigenvalue weighted by Gasteiger charge is -1.95. The molecule has 0 spiro atoms. The molecule has 0 fully saturated rings.